The molecule has 132 valence electrons. The lowest BCUT2D eigenvalue weighted by molar-refractivity contribution is -0.384. The van der Waals surface area contributed by atoms with Crippen LogP contribution < -0.4 is 9.47 Å². The molecule has 0 aliphatic carbocycles. The van der Waals surface area contributed by atoms with Crippen LogP contribution in [-0.2, 0) is 0 Å². The van der Waals surface area contributed by atoms with Gasteiger partial charge in [0.05, 0.1) is 16.2 Å². The van der Waals surface area contributed by atoms with Crippen molar-refractivity contribution in [1.29, 1.82) is 5.26 Å². The van der Waals surface area contributed by atoms with E-state index in [-0.39, 0.29) is 12.5 Å². The molecule has 2 aromatic carbocycles. The van der Waals surface area contributed by atoms with Gasteiger partial charge in [-0.2, -0.15) is 5.26 Å². The number of allylic oxidation sites excluding steroid dienone is 1. The highest BCUT2D eigenvalue weighted by atomic mass is 32.1. The Kier molecular flexibility index (Phi) is 4.28. The molecule has 0 saturated heterocycles. The topological polar surface area (TPSA) is 98.3 Å². The first-order chi connectivity index (χ1) is 13.1. The second-order valence-corrected chi connectivity index (χ2v) is 6.48. The first-order valence-corrected chi connectivity index (χ1v) is 8.74. The number of thiazole rings is 1. The molecule has 0 N–H and O–H groups in total. The number of nitro groups is 1. The molecule has 0 amide bonds. The maximum Gasteiger partial charge on any atom is 0.269 e. The minimum atomic E-state index is -0.461. The summed E-state index contributed by atoms with van der Waals surface area (Å²) in [5.41, 5.74) is 2.69. The summed E-state index contributed by atoms with van der Waals surface area (Å²) < 4.78 is 10.7. The van der Waals surface area contributed by atoms with Crippen LogP contribution in [0.4, 0.5) is 5.69 Å². The average molecular weight is 377 g/mol. The van der Waals surface area contributed by atoms with E-state index in [1.165, 1.54) is 23.5 Å². The van der Waals surface area contributed by atoms with E-state index in [1.54, 1.807) is 18.2 Å². The van der Waals surface area contributed by atoms with Gasteiger partial charge in [0.15, 0.2) is 11.5 Å². The lowest BCUT2D eigenvalue weighted by Gasteiger charge is -1.99. The molecular formula is C19H11N3O4S. The number of ether oxygens (including phenoxy) is 2. The number of hydrogen-bond acceptors (Lipinski definition) is 7. The van der Waals surface area contributed by atoms with Gasteiger partial charge in [0.2, 0.25) is 6.79 Å². The van der Waals surface area contributed by atoms with Gasteiger partial charge in [-0.25, -0.2) is 4.98 Å². The zero-order valence-electron chi connectivity index (χ0n) is 13.8. The number of aromatic nitrogens is 1. The van der Waals surface area contributed by atoms with Crippen LogP contribution in [0.25, 0.3) is 22.9 Å². The van der Waals surface area contributed by atoms with Crippen LogP contribution in [-0.4, -0.2) is 16.7 Å². The Hall–Kier alpha value is -3.70. The van der Waals surface area contributed by atoms with Gasteiger partial charge in [-0.1, -0.05) is 0 Å². The van der Waals surface area contributed by atoms with Crippen molar-refractivity contribution in [1.82, 2.24) is 4.98 Å². The number of rotatable bonds is 4. The summed E-state index contributed by atoms with van der Waals surface area (Å²) in [5, 5.41) is 22.7. The van der Waals surface area contributed by atoms with Gasteiger partial charge in [0.1, 0.15) is 11.1 Å². The van der Waals surface area contributed by atoms with E-state index in [0.29, 0.717) is 27.6 Å². The lowest BCUT2D eigenvalue weighted by atomic mass is 10.1. The summed E-state index contributed by atoms with van der Waals surface area (Å²) in [4.78, 5) is 14.8. The van der Waals surface area contributed by atoms with E-state index in [4.69, 9.17) is 9.47 Å². The number of fused-ring (bicyclic) bond motifs is 1. The van der Waals surface area contributed by atoms with Crippen LogP contribution in [0.3, 0.4) is 0 Å². The summed E-state index contributed by atoms with van der Waals surface area (Å²) in [6.07, 6.45) is 1.66. The molecule has 0 unspecified atom stereocenters. The second-order valence-electron chi connectivity index (χ2n) is 5.62. The Morgan fingerprint density at radius 3 is 2.74 bits per heavy atom. The number of nitriles is 1. The first kappa shape index (κ1) is 16.8. The van der Waals surface area contributed by atoms with E-state index in [9.17, 15) is 15.4 Å². The number of hydrogen-bond donors (Lipinski definition) is 0. The zero-order chi connectivity index (χ0) is 18.8. The lowest BCUT2D eigenvalue weighted by Crippen LogP contribution is -1.92. The predicted octanol–water partition coefficient (Wildman–Crippen LogP) is 4.51. The van der Waals surface area contributed by atoms with Crippen LogP contribution in [0, 0.1) is 21.4 Å². The summed E-state index contributed by atoms with van der Waals surface area (Å²) in [6, 6.07) is 13.7. The molecule has 2 heterocycles. The van der Waals surface area contributed by atoms with Crippen molar-refractivity contribution >= 4 is 28.7 Å². The highest BCUT2D eigenvalue weighted by molar-refractivity contribution is 7.11. The SMILES string of the molecule is N#C/C(=C/c1ccc([N+](=O)[O-])cc1)c1nc(-c2ccc3c(c2)OCO3)cs1. The summed E-state index contributed by atoms with van der Waals surface area (Å²) >= 11 is 1.36. The van der Waals surface area contributed by atoms with Crippen molar-refractivity contribution in [3.8, 4) is 28.8 Å². The maximum atomic E-state index is 10.7. The van der Waals surface area contributed by atoms with Crippen molar-refractivity contribution in [2.24, 2.45) is 0 Å². The molecule has 0 bridgehead atoms. The molecule has 4 rings (SSSR count). The molecule has 0 fully saturated rings. The number of non-ortho nitro benzene ring substituents is 1. The van der Waals surface area contributed by atoms with Crippen LogP contribution in [0.2, 0.25) is 0 Å². The van der Waals surface area contributed by atoms with E-state index < -0.39 is 4.92 Å². The summed E-state index contributed by atoms with van der Waals surface area (Å²) in [6.45, 7) is 0.206. The molecule has 7 nitrogen and oxygen atoms in total. The number of nitro benzene ring substituents is 1. The molecule has 1 aromatic heterocycles. The van der Waals surface area contributed by atoms with Gasteiger partial charge in [-0.05, 0) is 42.0 Å². The normalized spacial score (nSPS) is 12.6. The molecule has 0 atom stereocenters. The quantitative estimate of drug-likeness (QED) is 0.377. The molecule has 8 heteroatoms. The van der Waals surface area contributed by atoms with E-state index in [0.717, 1.165) is 11.3 Å². The van der Waals surface area contributed by atoms with E-state index >= 15 is 0 Å². The highest BCUT2D eigenvalue weighted by Gasteiger charge is 2.16. The Balaban J connectivity index is 1.62. The molecule has 3 aromatic rings. The minimum Gasteiger partial charge on any atom is -0.454 e. The van der Waals surface area contributed by atoms with Gasteiger partial charge in [0, 0.05) is 23.1 Å². The second kappa shape index (κ2) is 6.90. The van der Waals surface area contributed by atoms with E-state index in [2.05, 4.69) is 11.1 Å². The predicted molar refractivity (Wildman–Crippen MR) is 100 cm³/mol. The molecule has 27 heavy (non-hydrogen) atoms. The van der Waals surface area contributed by atoms with Gasteiger partial charge in [-0.3, -0.25) is 10.1 Å². The summed E-state index contributed by atoms with van der Waals surface area (Å²) in [7, 11) is 0. The van der Waals surface area contributed by atoms with Crippen LogP contribution >= 0.6 is 11.3 Å². The van der Waals surface area contributed by atoms with Crippen LogP contribution in [0.5, 0.6) is 11.5 Å². The fourth-order valence-electron chi connectivity index (χ4n) is 2.59. The summed E-state index contributed by atoms with van der Waals surface area (Å²) in [5.74, 6) is 1.37. The van der Waals surface area contributed by atoms with Crippen molar-refractivity contribution in [3.63, 3.8) is 0 Å². The van der Waals surface area contributed by atoms with Crippen LogP contribution in [0.15, 0.2) is 47.8 Å². The standard InChI is InChI=1S/C19H11N3O4S/c20-9-14(7-12-1-4-15(5-2-12)22(23)24)19-21-16(10-27-19)13-3-6-17-18(8-13)26-11-25-17/h1-8,10H,11H2/b14-7-. The van der Waals surface area contributed by atoms with Crippen molar-refractivity contribution in [3.05, 3.63) is 68.5 Å². The number of benzene rings is 2. The molecule has 0 spiro atoms. The van der Waals surface area contributed by atoms with Crippen molar-refractivity contribution in [2.45, 2.75) is 0 Å². The molecule has 0 radical (unpaired) electrons. The zero-order valence-corrected chi connectivity index (χ0v) is 14.6. The smallest absolute Gasteiger partial charge is 0.269 e. The third-order valence-corrected chi connectivity index (χ3v) is 4.81. The first-order valence-electron chi connectivity index (χ1n) is 7.86. The van der Waals surface area contributed by atoms with Gasteiger partial charge >= 0.3 is 0 Å². The fourth-order valence-corrected chi connectivity index (χ4v) is 3.38. The van der Waals surface area contributed by atoms with Gasteiger partial charge in [0.25, 0.3) is 5.69 Å². The van der Waals surface area contributed by atoms with Crippen LogP contribution in [0.1, 0.15) is 10.6 Å². The van der Waals surface area contributed by atoms with Crippen molar-refractivity contribution < 1.29 is 14.4 Å². The van der Waals surface area contributed by atoms with E-state index in [1.807, 2.05) is 23.6 Å². The average Bonchev–Trinajstić information content (AvgIpc) is 3.35. The Morgan fingerprint density at radius 2 is 2.00 bits per heavy atom. The molecule has 0 saturated carbocycles. The maximum absolute atomic E-state index is 10.7. The Bertz CT molecular complexity index is 1100. The third-order valence-electron chi connectivity index (χ3n) is 3.94. The Labute approximate surface area is 157 Å². The monoisotopic (exact) mass is 377 g/mol. The van der Waals surface area contributed by atoms with Gasteiger partial charge in [-0.15, -0.1) is 11.3 Å². The minimum absolute atomic E-state index is 0.00463. The Morgan fingerprint density at radius 1 is 1.22 bits per heavy atom. The molecule has 1 aliphatic heterocycles. The fraction of sp³-hybridized carbons (Fsp3) is 0.0526. The highest BCUT2D eigenvalue weighted by Crippen LogP contribution is 2.36. The van der Waals surface area contributed by atoms with Gasteiger partial charge < -0.3 is 9.47 Å². The largest absolute Gasteiger partial charge is 0.454 e. The third kappa shape index (κ3) is 3.36. The van der Waals surface area contributed by atoms with Crippen molar-refractivity contribution in [2.75, 3.05) is 6.79 Å². The molecule has 1 aliphatic rings. The molecular weight excluding hydrogens is 366 g/mol. The number of nitrogens with zero attached hydrogens (tertiary/aromatic N) is 3.